The number of amides is 1. The summed E-state index contributed by atoms with van der Waals surface area (Å²) >= 11 is 0. The highest BCUT2D eigenvalue weighted by Gasteiger charge is 2.35. The first-order valence-corrected chi connectivity index (χ1v) is 8.56. The van der Waals surface area contributed by atoms with Crippen LogP contribution in [-0.4, -0.2) is 12.7 Å². The predicted molar refractivity (Wildman–Crippen MR) is 101 cm³/mol. The van der Waals surface area contributed by atoms with Crippen molar-refractivity contribution in [1.82, 2.24) is 0 Å². The van der Waals surface area contributed by atoms with Crippen molar-refractivity contribution in [3.8, 4) is 11.5 Å². The minimum absolute atomic E-state index is 0.118. The van der Waals surface area contributed by atoms with Crippen LogP contribution in [-0.2, 0) is 4.74 Å². The van der Waals surface area contributed by atoms with Gasteiger partial charge in [0.15, 0.2) is 0 Å². The molecule has 1 fully saturated rings. The third kappa shape index (κ3) is 3.26. The summed E-state index contributed by atoms with van der Waals surface area (Å²) in [5.41, 5.74) is 3.03. The van der Waals surface area contributed by atoms with E-state index in [4.69, 9.17) is 9.47 Å². The molecule has 1 aliphatic heterocycles. The minimum atomic E-state index is -0.328. The number of carbonyl (C=O) groups is 1. The van der Waals surface area contributed by atoms with Gasteiger partial charge in [0.2, 0.25) is 0 Å². The van der Waals surface area contributed by atoms with E-state index in [1.54, 1.807) is 4.90 Å². The average Bonchev–Trinajstić information content (AvgIpc) is 3.06. The van der Waals surface area contributed by atoms with Crippen molar-refractivity contribution in [2.45, 2.75) is 13.0 Å². The van der Waals surface area contributed by atoms with Gasteiger partial charge in [-0.25, -0.2) is 4.79 Å². The molecule has 0 spiro atoms. The summed E-state index contributed by atoms with van der Waals surface area (Å²) < 4.78 is 11.1. The van der Waals surface area contributed by atoms with Crippen molar-refractivity contribution < 1.29 is 14.3 Å². The van der Waals surface area contributed by atoms with Crippen LogP contribution in [0.1, 0.15) is 17.2 Å². The van der Waals surface area contributed by atoms with Gasteiger partial charge >= 0.3 is 6.09 Å². The Kier molecular flexibility index (Phi) is 4.32. The highest BCUT2D eigenvalue weighted by atomic mass is 16.6. The van der Waals surface area contributed by atoms with Crippen LogP contribution in [0.2, 0.25) is 0 Å². The molecular weight excluding hydrogens is 326 g/mol. The molecule has 3 aromatic carbocycles. The molecule has 4 rings (SSSR count). The van der Waals surface area contributed by atoms with E-state index >= 15 is 0 Å². The molecule has 0 radical (unpaired) electrons. The van der Waals surface area contributed by atoms with Gasteiger partial charge in [0, 0.05) is 5.69 Å². The molecule has 0 unspecified atom stereocenters. The fraction of sp³-hybridized carbons (Fsp3) is 0.136. The lowest BCUT2D eigenvalue weighted by atomic mass is 10.1. The number of ether oxygens (including phenoxy) is 2. The largest absolute Gasteiger partial charge is 0.457 e. The maximum Gasteiger partial charge on any atom is 0.415 e. The van der Waals surface area contributed by atoms with Crippen molar-refractivity contribution in [3.63, 3.8) is 0 Å². The van der Waals surface area contributed by atoms with Crippen molar-refractivity contribution >= 4 is 11.8 Å². The van der Waals surface area contributed by atoms with Gasteiger partial charge in [0.25, 0.3) is 0 Å². The number of benzene rings is 3. The maximum atomic E-state index is 12.2. The summed E-state index contributed by atoms with van der Waals surface area (Å²) in [5, 5.41) is 0. The summed E-state index contributed by atoms with van der Waals surface area (Å²) in [4.78, 5) is 13.9. The van der Waals surface area contributed by atoms with Crippen molar-refractivity contribution in [2.75, 3.05) is 11.5 Å². The van der Waals surface area contributed by atoms with Gasteiger partial charge in [-0.1, -0.05) is 48.0 Å². The van der Waals surface area contributed by atoms with E-state index in [2.05, 4.69) is 0 Å². The van der Waals surface area contributed by atoms with Gasteiger partial charge in [-0.2, -0.15) is 0 Å². The molecule has 26 heavy (non-hydrogen) atoms. The fourth-order valence-electron chi connectivity index (χ4n) is 3.04. The number of hydrogen-bond donors (Lipinski definition) is 0. The lowest BCUT2D eigenvalue weighted by Gasteiger charge is -2.22. The first-order valence-electron chi connectivity index (χ1n) is 8.56. The normalized spacial score (nSPS) is 16.4. The smallest absolute Gasteiger partial charge is 0.415 e. The van der Waals surface area contributed by atoms with Gasteiger partial charge in [0.05, 0.1) is 6.04 Å². The van der Waals surface area contributed by atoms with Gasteiger partial charge in [-0.3, -0.25) is 4.90 Å². The van der Waals surface area contributed by atoms with E-state index in [-0.39, 0.29) is 12.1 Å². The number of anilines is 1. The zero-order valence-corrected chi connectivity index (χ0v) is 14.5. The summed E-state index contributed by atoms with van der Waals surface area (Å²) in [6, 6.07) is 25.2. The van der Waals surface area contributed by atoms with Crippen molar-refractivity contribution in [3.05, 3.63) is 90.0 Å². The topological polar surface area (TPSA) is 38.8 Å². The number of cyclic esters (lactones) is 1. The maximum absolute atomic E-state index is 12.2. The molecule has 0 N–H and O–H groups in total. The van der Waals surface area contributed by atoms with Crippen LogP contribution in [0.5, 0.6) is 11.5 Å². The van der Waals surface area contributed by atoms with Gasteiger partial charge in [-0.05, 0) is 48.9 Å². The van der Waals surface area contributed by atoms with Gasteiger partial charge in [0.1, 0.15) is 18.1 Å². The van der Waals surface area contributed by atoms with Crippen LogP contribution < -0.4 is 9.64 Å². The first-order chi connectivity index (χ1) is 12.7. The van der Waals surface area contributed by atoms with E-state index in [1.807, 2.05) is 85.8 Å². The third-order valence-corrected chi connectivity index (χ3v) is 4.43. The van der Waals surface area contributed by atoms with Crippen LogP contribution in [0.3, 0.4) is 0 Å². The van der Waals surface area contributed by atoms with E-state index in [1.165, 1.54) is 5.56 Å². The van der Waals surface area contributed by atoms with Crippen LogP contribution in [0.4, 0.5) is 10.5 Å². The second-order valence-corrected chi connectivity index (χ2v) is 6.28. The van der Waals surface area contributed by atoms with Crippen LogP contribution in [0.25, 0.3) is 0 Å². The highest BCUT2D eigenvalue weighted by molar-refractivity contribution is 5.90. The summed E-state index contributed by atoms with van der Waals surface area (Å²) in [6.07, 6.45) is -0.328. The molecule has 0 bridgehead atoms. The Labute approximate surface area is 152 Å². The lowest BCUT2D eigenvalue weighted by Crippen LogP contribution is -2.27. The van der Waals surface area contributed by atoms with E-state index in [0.717, 1.165) is 22.7 Å². The number of nitrogens with zero attached hydrogens (tertiary/aromatic N) is 1. The molecule has 1 amide bonds. The molecule has 130 valence electrons. The standard InChI is InChI=1S/C22H19NO3/c1-16-7-11-19(12-8-16)26-20-13-9-18(10-14-20)23-21(15-25-22(23)24)17-5-3-2-4-6-17/h2-14,21H,15H2,1H3/t21-/m1/s1. The van der Waals surface area contributed by atoms with Crippen LogP contribution in [0.15, 0.2) is 78.9 Å². The first kappa shape index (κ1) is 16.2. The Hall–Kier alpha value is -3.27. The molecule has 0 saturated carbocycles. The Balaban J connectivity index is 1.55. The van der Waals surface area contributed by atoms with E-state index in [0.29, 0.717) is 6.61 Å². The highest BCUT2D eigenvalue weighted by Crippen LogP contribution is 2.34. The zero-order valence-electron chi connectivity index (χ0n) is 14.5. The monoisotopic (exact) mass is 345 g/mol. The number of carbonyl (C=O) groups excluding carboxylic acids is 1. The van der Waals surface area contributed by atoms with Crippen LogP contribution >= 0.6 is 0 Å². The zero-order chi connectivity index (χ0) is 17.9. The summed E-state index contributed by atoms with van der Waals surface area (Å²) in [5.74, 6) is 1.51. The third-order valence-electron chi connectivity index (χ3n) is 4.43. The minimum Gasteiger partial charge on any atom is -0.457 e. The molecule has 1 saturated heterocycles. The van der Waals surface area contributed by atoms with Crippen molar-refractivity contribution in [1.29, 1.82) is 0 Å². The fourth-order valence-corrected chi connectivity index (χ4v) is 3.04. The lowest BCUT2D eigenvalue weighted by molar-refractivity contribution is 0.179. The molecule has 0 aromatic heterocycles. The molecular formula is C22H19NO3. The summed E-state index contributed by atoms with van der Waals surface area (Å²) in [7, 11) is 0. The molecule has 1 aliphatic rings. The number of aryl methyl sites for hydroxylation is 1. The van der Waals surface area contributed by atoms with Gasteiger partial charge < -0.3 is 9.47 Å². The number of hydrogen-bond acceptors (Lipinski definition) is 3. The Bertz CT molecular complexity index is 889. The van der Waals surface area contributed by atoms with Crippen molar-refractivity contribution in [2.24, 2.45) is 0 Å². The Morgan fingerprint density at radius 1 is 0.885 bits per heavy atom. The van der Waals surface area contributed by atoms with Gasteiger partial charge in [-0.15, -0.1) is 0 Å². The quantitative estimate of drug-likeness (QED) is 0.628. The molecule has 4 nitrogen and oxygen atoms in total. The Morgan fingerprint density at radius 3 is 2.15 bits per heavy atom. The average molecular weight is 345 g/mol. The number of rotatable bonds is 4. The van der Waals surface area contributed by atoms with E-state index in [9.17, 15) is 4.79 Å². The molecule has 1 atom stereocenters. The Morgan fingerprint density at radius 2 is 1.50 bits per heavy atom. The molecule has 1 heterocycles. The van der Waals surface area contributed by atoms with Crippen LogP contribution in [0, 0.1) is 6.92 Å². The van der Waals surface area contributed by atoms with E-state index < -0.39 is 0 Å². The second kappa shape index (κ2) is 6.92. The predicted octanol–water partition coefficient (Wildman–Crippen LogP) is 5.49. The molecule has 4 heteroatoms. The molecule has 0 aliphatic carbocycles. The summed E-state index contributed by atoms with van der Waals surface area (Å²) in [6.45, 7) is 2.39. The SMILES string of the molecule is Cc1ccc(Oc2ccc(N3C(=O)OC[C@@H]3c3ccccc3)cc2)cc1. The molecule has 3 aromatic rings. The second-order valence-electron chi connectivity index (χ2n) is 6.28.